The highest BCUT2D eigenvalue weighted by atomic mass is 16.5. The summed E-state index contributed by atoms with van der Waals surface area (Å²) < 4.78 is 5.56. The molecule has 0 aliphatic heterocycles. The van der Waals surface area contributed by atoms with Crippen molar-refractivity contribution in [3.05, 3.63) is 0 Å². The van der Waals surface area contributed by atoms with Crippen LogP contribution in [0.25, 0.3) is 0 Å². The van der Waals surface area contributed by atoms with E-state index >= 15 is 0 Å². The Hall–Kier alpha value is -0.0800. The Labute approximate surface area is 89.4 Å². The van der Waals surface area contributed by atoms with Gasteiger partial charge in [0.1, 0.15) is 0 Å². The van der Waals surface area contributed by atoms with Crippen LogP contribution in [0, 0.1) is 5.92 Å². The Balaban J connectivity index is 3.65. The molecule has 1 unspecified atom stereocenters. The van der Waals surface area contributed by atoms with Gasteiger partial charge < -0.3 is 10.1 Å². The Kier molecular flexibility index (Phi) is 9.42. The van der Waals surface area contributed by atoms with Crippen LogP contribution in [0.5, 0.6) is 0 Å². The lowest BCUT2D eigenvalue weighted by atomic mass is 9.95. The molecule has 2 heteroatoms. The van der Waals surface area contributed by atoms with Gasteiger partial charge in [-0.1, -0.05) is 33.6 Å². The van der Waals surface area contributed by atoms with E-state index in [0.29, 0.717) is 6.04 Å². The molecule has 0 spiro atoms. The molecule has 1 atom stereocenters. The van der Waals surface area contributed by atoms with Crippen molar-refractivity contribution in [1.29, 1.82) is 0 Å². The second-order valence-electron chi connectivity index (χ2n) is 3.98. The second kappa shape index (κ2) is 9.47. The predicted octanol–water partition coefficient (Wildman–Crippen LogP) is 2.83. The Morgan fingerprint density at radius 1 is 1.14 bits per heavy atom. The summed E-state index contributed by atoms with van der Waals surface area (Å²) in [6.45, 7) is 8.44. The van der Waals surface area contributed by atoms with Gasteiger partial charge in [0.25, 0.3) is 0 Å². The monoisotopic (exact) mass is 201 g/mol. The second-order valence-corrected chi connectivity index (χ2v) is 3.98. The van der Waals surface area contributed by atoms with Gasteiger partial charge in [0, 0.05) is 12.6 Å². The van der Waals surface area contributed by atoms with Crippen molar-refractivity contribution >= 4 is 0 Å². The van der Waals surface area contributed by atoms with Gasteiger partial charge in [-0.25, -0.2) is 0 Å². The summed E-state index contributed by atoms with van der Waals surface area (Å²) in [5, 5.41) is 3.34. The summed E-state index contributed by atoms with van der Waals surface area (Å²) in [4.78, 5) is 0. The molecular formula is C12H27NO. The third kappa shape index (κ3) is 6.39. The van der Waals surface area contributed by atoms with Crippen molar-refractivity contribution in [2.24, 2.45) is 5.92 Å². The van der Waals surface area contributed by atoms with E-state index in [9.17, 15) is 0 Å². The number of rotatable bonds is 9. The van der Waals surface area contributed by atoms with Crippen molar-refractivity contribution in [2.45, 2.75) is 52.5 Å². The van der Waals surface area contributed by atoms with Crippen LogP contribution in [-0.4, -0.2) is 26.3 Å². The van der Waals surface area contributed by atoms with Crippen LogP contribution in [0.15, 0.2) is 0 Å². The first-order chi connectivity index (χ1) is 6.78. The molecule has 2 nitrogen and oxygen atoms in total. The normalized spacial score (nSPS) is 13.5. The maximum atomic E-state index is 5.56. The molecule has 0 fully saturated rings. The van der Waals surface area contributed by atoms with E-state index in [1.807, 2.05) is 7.05 Å². The maximum absolute atomic E-state index is 5.56. The lowest BCUT2D eigenvalue weighted by Gasteiger charge is -2.21. The van der Waals surface area contributed by atoms with Crippen LogP contribution in [0.2, 0.25) is 0 Å². The third-order valence-electron chi connectivity index (χ3n) is 2.85. The quantitative estimate of drug-likeness (QED) is 0.579. The van der Waals surface area contributed by atoms with Crippen molar-refractivity contribution in [3.63, 3.8) is 0 Å². The SMILES string of the molecule is CCCOCC(CC(CC)CC)NC. The number of hydrogen-bond donors (Lipinski definition) is 1. The van der Waals surface area contributed by atoms with Crippen LogP contribution in [0.1, 0.15) is 46.5 Å². The topological polar surface area (TPSA) is 21.3 Å². The van der Waals surface area contributed by atoms with Crippen molar-refractivity contribution in [3.8, 4) is 0 Å². The molecule has 0 radical (unpaired) electrons. The van der Waals surface area contributed by atoms with E-state index in [1.165, 1.54) is 19.3 Å². The molecule has 0 amide bonds. The molecule has 0 saturated carbocycles. The largest absolute Gasteiger partial charge is 0.380 e. The van der Waals surface area contributed by atoms with Crippen LogP contribution >= 0.6 is 0 Å². The molecule has 0 bridgehead atoms. The lowest BCUT2D eigenvalue weighted by Crippen LogP contribution is -2.32. The molecule has 0 heterocycles. The summed E-state index contributed by atoms with van der Waals surface area (Å²) in [5.74, 6) is 0.845. The first kappa shape index (κ1) is 13.9. The Bertz CT molecular complexity index is 113. The Morgan fingerprint density at radius 2 is 1.79 bits per heavy atom. The number of nitrogens with one attached hydrogen (secondary N) is 1. The molecule has 0 aromatic rings. The fraction of sp³-hybridized carbons (Fsp3) is 1.00. The zero-order valence-electron chi connectivity index (χ0n) is 10.3. The molecule has 0 rings (SSSR count). The molecule has 0 aliphatic rings. The molecule has 86 valence electrons. The summed E-state index contributed by atoms with van der Waals surface area (Å²) in [6, 6.07) is 0.534. The third-order valence-corrected chi connectivity index (χ3v) is 2.85. The molecule has 0 aromatic heterocycles. The van der Waals surface area contributed by atoms with Crippen molar-refractivity contribution in [2.75, 3.05) is 20.3 Å². The highest BCUT2D eigenvalue weighted by Crippen LogP contribution is 2.14. The van der Waals surface area contributed by atoms with E-state index < -0.39 is 0 Å². The molecule has 0 aromatic carbocycles. The molecule has 0 saturated heterocycles. The minimum atomic E-state index is 0.534. The molecular weight excluding hydrogens is 174 g/mol. The number of likely N-dealkylation sites (N-methyl/N-ethyl adjacent to an activating group) is 1. The van der Waals surface area contributed by atoms with E-state index in [2.05, 4.69) is 26.1 Å². The zero-order chi connectivity index (χ0) is 10.8. The number of hydrogen-bond acceptors (Lipinski definition) is 2. The van der Waals surface area contributed by atoms with Crippen molar-refractivity contribution < 1.29 is 4.74 Å². The van der Waals surface area contributed by atoms with Gasteiger partial charge >= 0.3 is 0 Å². The van der Waals surface area contributed by atoms with Gasteiger partial charge in [0.15, 0.2) is 0 Å². The average Bonchev–Trinajstić information content (AvgIpc) is 2.23. The van der Waals surface area contributed by atoms with E-state index in [0.717, 1.165) is 25.6 Å². The molecule has 0 aliphatic carbocycles. The summed E-state index contributed by atoms with van der Waals surface area (Å²) in [6.07, 6.45) is 4.92. The van der Waals surface area contributed by atoms with Crippen molar-refractivity contribution in [1.82, 2.24) is 5.32 Å². The summed E-state index contributed by atoms with van der Waals surface area (Å²) in [5.41, 5.74) is 0. The molecule has 1 N–H and O–H groups in total. The highest BCUT2D eigenvalue weighted by molar-refractivity contribution is 4.68. The zero-order valence-corrected chi connectivity index (χ0v) is 10.3. The van der Waals surface area contributed by atoms with Gasteiger partial charge in [-0.15, -0.1) is 0 Å². The minimum Gasteiger partial charge on any atom is -0.380 e. The minimum absolute atomic E-state index is 0.534. The van der Waals surface area contributed by atoms with Crippen LogP contribution in [0.4, 0.5) is 0 Å². The maximum Gasteiger partial charge on any atom is 0.0619 e. The molecule has 14 heavy (non-hydrogen) atoms. The smallest absolute Gasteiger partial charge is 0.0619 e. The average molecular weight is 201 g/mol. The standard InChI is InChI=1S/C12H27NO/c1-5-8-14-10-12(13-4)9-11(6-2)7-3/h11-13H,5-10H2,1-4H3. The van der Waals surface area contributed by atoms with Crippen LogP contribution in [-0.2, 0) is 4.74 Å². The van der Waals surface area contributed by atoms with E-state index in [4.69, 9.17) is 4.74 Å². The van der Waals surface area contributed by atoms with E-state index in [-0.39, 0.29) is 0 Å². The highest BCUT2D eigenvalue weighted by Gasteiger charge is 2.12. The first-order valence-electron chi connectivity index (χ1n) is 6.03. The summed E-state index contributed by atoms with van der Waals surface area (Å²) in [7, 11) is 2.03. The van der Waals surface area contributed by atoms with Crippen LogP contribution < -0.4 is 5.32 Å². The Morgan fingerprint density at radius 3 is 2.21 bits per heavy atom. The van der Waals surface area contributed by atoms with Gasteiger partial charge in [-0.05, 0) is 25.8 Å². The van der Waals surface area contributed by atoms with Gasteiger partial charge in [-0.2, -0.15) is 0 Å². The predicted molar refractivity (Wildman–Crippen MR) is 62.6 cm³/mol. The fourth-order valence-electron chi connectivity index (χ4n) is 1.66. The number of ether oxygens (including phenoxy) is 1. The first-order valence-corrected chi connectivity index (χ1v) is 6.03. The summed E-state index contributed by atoms with van der Waals surface area (Å²) >= 11 is 0. The fourth-order valence-corrected chi connectivity index (χ4v) is 1.66. The lowest BCUT2D eigenvalue weighted by molar-refractivity contribution is 0.105. The van der Waals surface area contributed by atoms with Gasteiger partial charge in [0.2, 0.25) is 0 Å². The van der Waals surface area contributed by atoms with Gasteiger partial charge in [0.05, 0.1) is 6.61 Å². The van der Waals surface area contributed by atoms with E-state index in [1.54, 1.807) is 0 Å². The van der Waals surface area contributed by atoms with Gasteiger partial charge in [-0.3, -0.25) is 0 Å². The van der Waals surface area contributed by atoms with Crippen LogP contribution in [0.3, 0.4) is 0 Å².